The molecule has 15 heteroatoms. The molecule has 2 aromatic rings. The number of ether oxygens (including phenoxy) is 3. The second-order valence-corrected chi connectivity index (χ2v) is 23.0. The van der Waals surface area contributed by atoms with E-state index in [1.165, 1.54) is 20.8 Å². The molecular formula is C35H51N3O10Si2. The number of nitrogens with zero attached hydrogens (tertiary/aromatic N) is 3. The highest BCUT2D eigenvalue weighted by molar-refractivity contribution is 6.84. The van der Waals surface area contributed by atoms with Gasteiger partial charge in [-0.15, -0.1) is 0 Å². The molecule has 0 spiro atoms. The van der Waals surface area contributed by atoms with Crippen LogP contribution in [0.2, 0.25) is 22.2 Å². The number of aryl methyl sites for hydroxylation is 1. The summed E-state index contributed by atoms with van der Waals surface area (Å²) < 4.78 is 39.9. The van der Waals surface area contributed by atoms with Gasteiger partial charge >= 0.3 is 29.1 Å². The lowest BCUT2D eigenvalue weighted by Crippen LogP contribution is -2.66. The molecule has 3 heterocycles. The highest BCUT2D eigenvalue weighted by Crippen LogP contribution is 2.50. The summed E-state index contributed by atoms with van der Waals surface area (Å²) in [7, 11) is -6.19. The maximum atomic E-state index is 13.8. The van der Waals surface area contributed by atoms with Gasteiger partial charge in [0.2, 0.25) is 17.7 Å². The number of hydrogen-bond acceptors (Lipinski definition) is 12. The largest absolute Gasteiger partial charge is 0.453 e. The van der Waals surface area contributed by atoms with Gasteiger partial charge in [0.15, 0.2) is 11.9 Å². The second-order valence-electron chi connectivity index (χ2n) is 14.2. The van der Waals surface area contributed by atoms with Crippen molar-refractivity contribution in [3.8, 4) is 5.88 Å². The molecule has 4 rings (SSSR count). The lowest BCUT2D eigenvalue weighted by atomic mass is 10.0. The van der Waals surface area contributed by atoms with Crippen molar-refractivity contribution < 1.29 is 46.4 Å². The average molecular weight is 730 g/mol. The number of benzene rings is 1. The Morgan fingerprint density at radius 2 is 1.40 bits per heavy atom. The van der Waals surface area contributed by atoms with Crippen LogP contribution in [0.3, 0.4) is 0 Å². The molecule has 2 saturated heterocycles. The van der Waals surface area contributed by atoms with E-state index in [0.29, 0.717) is 5.56 Å². The number of amides is 2. The molecule has 0 N–H and O–H groups in total. The summed E-state index contributed by atoms with van der Waals surface area (Å²) in [4.78, 5) is 61.6. The van der Waals surface area contributed by atoms with Gasteiger partial charge in [0.05, 0.1) is 12.2 Å². The topological polar surface area (TPSA) is 153 Å². The zero-order valence-corrected chi connectivity index (χ0v) is 33.1. The molecule has 0 unspecified atom stereocenters. The summed E-state index contributed by atoms with van der Waals surface area (Å²) in [5.74, 6) is -3.01. The number of carbonyl (C=O) groups excluding carboxylic acids is 4. The molecule has 2 amide bonds. The molecule has 274 valence electrons. The highest BCUT2D eigenvalue weighted by atomic mass is 28.5. The van der Waals surface area contributed by atoms with Crippen molar-refractivity contribution in [2.24, 2.45) is 0 Å². The fourth-order valence-electron chi connectivity index (χ4n) is 6.88. The minimum Gasteiger partial charge on any atom is -0.453 e. The average Bonchev–Trinajstić information content (AvgIpc) is 3.33. The standard InChI is InChI=1S/C35H51N3O10Si2/c1-19(2)49(20(3)4)43-18-28-30(47-50(48-49,21(5)6)22(7)8)32(46-35(42)27-16-14-13-15-17-27)31(45-28)29-33(38(24(10)39)25(11)40)37-34(23(9)36-29)44-26(12)41/h13-17,19-22,28,30-32H,18H2,1-12H3/t28-,30-,31+,32-/m1/s1. The smallest absolute Gasteiger partial charge is 0.338 e. The van der Waals surface area contributed by atoms with Gasteiger partial charge in [-0.25, -0.2) is 14.7 Å². The Morgan fingerprint density at radius 1 is 0.840 bits per heavy atom. The number of carbonyl (C=O) groups is 4. The number of esters is 2. The minimum atomic E-state index is -3.23. The zero-order valence-electron chi connectivity index (χ0n) is 31.1. The van der Waals surface area contributed by atoms with Gasteiger partial charge in [-0.1, -0.05) is 73.6 Å². The van der Waals surface area contributed by atoms with Crippen molar-refractivity contribution in [2.45, 2.75) is 130 Å². The Balaban J connectivity index is 1.99. The number of rotatable bonds is 9. The van der Waals surface area contributed by atoms with E-state index in [1.807, 2.05) is 0 Å². The summed E-state index contributed by atoms with van der Waals surface area (Å²) in [6.07, 6.45) is -3.99. The van der Waals surface area contributed by atoms with E-state index >= 15 is 0 Å². The summed E-state index contributed by atoms with van der Waals surface area (Å²) in [5.41, 5.74) is 0.594. The number of imide groups is 1. The van der Waals surface area contributed by atoms with Gasteiger partial charge in [0.1, 0.15) is 29.7 Å². The second kappa shape index (κ2) is 15.5. The van der Waals surface area contributed by atoms with E-state index in [0.717, 1.165) is 4.90 Å². The van der Waals surface area contributed by atoms with Gasteiger partial charge in [0.25, 0.3) is 0 Å². The van der Waals surface area contributed by atoms with Crippen LogP contribution in [0.5, 0.6) is 5.88 Å². The predicted molar refractivity (Wildman–Crippen MR) is 189 cm³/mol. The molecule has 50 heavy (non-hydrogen) atoms. The Kier molecular flexibility index (Phi) is 12.2. The first-order valence-corrected chi connectivity index (χ1v) is 21.1. The van der Waals surface area contributed by atoms with Crippen molar-refractivity contribution in [3.05, 3.63) is 47.3 Å². The molecule has 2 aliphatic rings. The Hall–Kier alpha value is -3.35. The molecular weight excluding hydrogens is 679 g/mol. The molecule has 4 atom stereocenters. The molecule has 1 aromatic heterocycles. The SMILES string of the molecule is CC(=O)Oc1nc(N(C(C)=O)C(C)=O)c([C@@H]2O[C@@H]3CO[Si](C(C)C)(C(C)C)O[Si](C(C)C)(C(C)C)O[C@H]3[C@H]2OC(=O)c2ccccc2)nc1C. The van der Waals surface area contributed by atoms with Gasteiger partial charge in [-0.05, 0) is 41.2 Å². The van der Waals surface area contributed by atoms with Gasteiger partial charge in [0, 0.05) is 20.8 Å². The molecule has 0 saturated carbocycles. The van der Waals surface area contributed by atoms with Crippen LogP contribution in [0.25, 0.3) is 0 Å². The van der Waals surface area contributed by atoms with Crippen LogP contribution in [0.15, 0.2) is 30.3 Å². The summed E-state index contributed by atoms with van der Waals surface area (Å²) in [5, 5.41) is 0. The molecule has 0 bridgehead atoms. The van der Waals surface area contributed by atoms with E-state index in [2.05, 4.69) is 60.4 Å². The van der Waals surface area contributed by atoms with Crippen molar-refractivity contribution in [2.75, 3.05) is 11.5 Å². The zero-order chi connectivity index (χ0) is 37.3. The molecule has 2 fully saturated rings. The van der Waals surface area contributed by atoms with Crippen LogP contribution in [0.4, 0.5) is 5.82 Å². The Labute approximate surface area is 296 Å². The number of hydrogen-bond donors (Lipinski definition) is 0. The third-order valence-electron chi connectivity index (χ3n) is 9.28. The van der Waals surface area contributed by atoms with Crippen LogP contribution in [-0.4, -0.2) is 75.8 Å². The van der Waals surface area contributed by atoms with E-state index in [1.54, 1.807) is 37.3 Å². The van der Waals surface area contributed by atoms with Crippen molar-refractivity contribution >= 4 is 46.7 Å². The maximum absolute atomic E-state index is 13.8. The van der Waals surface area contributed by atoms with Gasteiger partial charge in [-0.2, -0.15) is 4.98 Å². The third kappa shape index (κ3) is 7.62. The molecule has 2 aliphatic heterocycles. The number of fused-ring (bicyclic) bond motifs is 1. The van der Waals surface area contributed by atoms with Crippen LogP contribution in [-0.2, 0) is 36.8 Å². The number of aromatic nitrogens is 2. The fraction of sp³-hybridized carbons (Fsp3) is 0.600. The molecule has 13 nitrogen and oxygen atoms in total. The minimum absolute atomic E-state index is 0.0310. The first-order valence-electron chi connectivity index (χ1n) is 17.2. The van der Waals surface area contributed by atoms with E-state index in [9.17, 15) is 19.2 Å². The van der Waals surface area contributed by atoms with Crippen LogP contribution >= 0.6 is 0 Å². The predicted octanol–water partition coefficient (Wildman–Crippen LogP) is 6.23. The van der Waals surface area contributed by atoms with Gasteiger partial charge < -0.3 is 27.2 Å². The monoisotopic (exact) mass is 729 g/mol. The summed E-state index contributed by atoms with van der Waals surface area (Å²) >= 11 is 0. The Morgan fingerprint density at radius 3 is 1.90 bits per heavy atom. The van der Waals surface area contributed by atoms with Crippen molar-refractivity contribution in [1.82, 2.24) is 9.97 Å². The van der Waals surface area contributed by atoms with Gasteiger partial charge in [-0.3, -0.25) is 14.4 Å². The normalized spacial score (nSPS) is 23.0. The van der Waals surface area contributed by atoms with E-state index in [4.69, 9.17) is 32.2 Å². The quantitative estimate of drug-likeness (QED) is 0.212. The molecule has 1 aromatic carbocycles. The summed E-state index contributed by atoms with van der Waals surface area (Å²) in [6.45, 7) is 22.0. The fourth-order valence-corrected chi connectivity index (χ4v) is 18.1. The lowest BCUT2D eigenvalue weighted by molar-refractivity contribution is -0.132. The lowest BCUT2D eigenvalue weighted by Gasteiger charge is -2.51. The third-order valence-corrected chi connectivity index (χ3v) is 19.5. The first-order chi connectivity index (χ1) is 23.4. The van der Waals surface area contributed by atoms with Crippen LogP contribution < -0.4 is 9.64 Å². The molecule has 0 radical (unpaired) electrons. The van der Waals surface area contributed by atoms with Crippen molar-refractivity contribution in [3.63, 3.8) is 0 Å². The van der Waals surface area contributed by atoms with Crippen molar-refractivity contribution in [1.29, 1.82) is 0 Å². The van der Waals surface area contributed by atoms with Crippen LogP contribution in [0, 0.1) is 6.92 Å². The van der Waals surface area contributed by atoms with E-state index in [-0.39, 0.29) is 51.9 Å². The first kappa shape index (κ1) is 39.4. The van der Waals surface area contributed by atoms with Crippen LogP contribution in [0.1, 0.15) is 104 Å². The summed E-state index contributed by atoms with van der Waals surface area (Å²) in [6, 6.07) is 8.52. The highest BCUT2D eigenvalue weighted by Gasteiger charge is 2.63. The maximum Gasteiger partial charge on any atom is 0.338 e. The number of anilines is 1. The van der Waals surface area contributed by atoms with E-state index < -0.39 is 65.3 Å². The molecule has 0 aliphatic carbocycles. The Bertz CT molecular complexity index is 1560.